The van der Waals surface area contributed by atoms with E-state index in [0.29, 0.717) is 10.8 Å². The number of carbonyl (C=O) groups excluding carboxylic acids is 1. The molecular weight excluding hydrogens is 452 g/mol. The van der Waals surface area contributed by atoms with E-state index < -0.39 is 17.4 Å². The molecule has 0 bridgehead atoms. The smallest absolute Gasteiger partial charge is 0.272 e. The van der Waals surface area contributed by atoms with Gasteiger partial charge in [0.15, 0.2) is 0 Å². The van der Waals surface area contributed by atoms with Crippen LogP contribution in [0.1, 0.15) is 41.4 Å². The third-order valence-corrected chi connectivity index (χ3v) is 5.92. The molecule has 0 saturated heterocycles. The summed E-state index contributed by atoms with van der Waals surface area (Å²) in [6.45, 7) is 3.77. The number of amides is 1. The molecular formula is C22H24ClF2N7O. The molecule has 1 amide bonds. The fourth-order valence-corrected chi connectivity index (χ4v) is 3.84. The van der Waals surface area contributed by atoms with Gasteiger partial charge in [-0.1, -0.05) is 23.7 Å². The second kappa shape index (κ2) is 8.68. The lowest BCUT2D eigenvalue weighted by Gasteiger charge is -2.35. The fraction of sp³-hybridized carbons (Fsp3) is 0.364. The normalized spacial score (nSPS) is 17.2. The van der Waals surface area contributed by atoms with Crippen molar-refractivity contribution >= 4 is 23.5 Å². The van der Waals surface area contributed by atoms with Crippen LogP contribution in [0.15, 0.2) is 43.0 Å². The number of benzene rings is 1. The van der Waals surface area contributed by atoms with Gasteiger partial charge < -0.3 is 16.4 Å². The Morgan fingerprint density at radius 1 is 1.36 bits per heavy atom. The Morgan fingerprint density at radius 2 is 2.12 bits per heavy atom. The maximum Gasteiger partial charge on any atom is 0.272 e. The number of aryl methyl sites for hydroxylation is 1. The van der Waals surface area contributed by atoms with Crippen molar-refractivity contribution in [3.05, 3.63) is 64.8 Å². The Bertz CT molecular complexity index is 1180. The van der Waals surface area contributed by atoms with Crippen LogP contribution < -0.4 is 16.4 Å². The van der Waals surface area contributed by atoms with Crippen LogP contribution in [0.2, 0.25) is 5.02 Å². The molecule has 1 saturated carbocycles. The number of nitrogens with one attached hydrogen (secondary N) is 2. The number of imidazole rings is 1. The topological polar surface area (TPSA) is 111 Å². The van der Waals surface area contributed by atoms with Gasteiger partial charge in [0, 0.05) is 48.4 Å². The predicted molar refractivity (Wildman–Crippen MR) is 121 cm³/mol. The molecule has 1 aliphatic rings. The Hall–Kier alpha value is -3.11. The van der Waals surface area contributed by atoms with Crippen molar-refractivity contribution in [2.75, 3.05) is 11.9 Å². The molecule has 0 radical (unpaired) electrons. The number of anilines is 1. The van der Waals surface area contributed by atoms with Gasteiger partial charge in [-0.2, -0.15) is 4.98 Å². The van der Waals surface area contributed by atoms with Crippen molar-refractivity contribution in [3.8, 4) is 5.82 Å². The van der Waals surface area contributed by atoms with Gasteiger partial charge in [-0.05, 0) is 31.5 Å². The van der Waals surface area contributed by atoms with E-state index in [1.807, 2.05) is 13.0 Å². The number of halogens is 3. The van der Waals surface area contributed by atoms with Gasteiger partial charge in [0.2, 0.25) is 5.95 Å². The first-order chi connectivity index (χ1) is 15.6. The van der Waals surface area contributed by atoms with Crippen molar-refractivity contribution in [1.82, 2.24) is 24.8 Å². The van der Waals surface area contributed by atoms with Crippen molar-refractivity contribution in [2.45, 2.75) is 44.2 Å². The highest BCUT2D eigenvalue weighted by atomic mass is 35.5. The number of carbonyl (C=O) groups is 1. The molecule has 174 valence electrons. The Labute approximate surface area is 194 Å². The van der Waals surface area contributed by atoms with E-state index >= 15 is 0 Å². The van der Waals surface area contributed by atoms with E-state index in [1.54, 1.807) is 42.1 Å². The number of aromatic nitrogens is 4. The van der Waals surface area contributed by atoms with Crippen molar-refractivity contribution < 1.29 is 13.6 Å². The molecule has 4 N–H and O–H groups in total. The average molecular weight is 476 g/mol. The minimum atomic E-state index is -2.64. The molecule has 1 aromatic carbocycles. The lowest BCUT2D eigenvalue weighted by molar-refractivity contribution is -0.0794. The van der Waals surface area contributed by atoms with E-state index in [4.69, 9.17) is 17.3 Å². The number of rotatable bonds is 7. The molecule has 0 aliphatic heterocycles. The number of hydrogen-bond acceptors (Lipinski definition) is 6. The summed E-state index contributed by atoms with van der Waals surface area (Å²) in [6.07, 6.45) is 4.10. The molecule has 8 nitrogen and oxygen atoms in total. The summed E-state index contributed by atoms with van der Waals surface area (Å²) in [7, 11) is 0. The van der Waals surface area contributed by atoms with Crippen LogP contribution in [0, 0.1) is 6.92 Å². The summed E-state index contributed by atoms with van der Waals surface area (Å²) in [4.78, 5) is 25.7. The fourth-order valence-electron chi connectivity index (χ4n) is 3.65. The summed E-state index contributed by atoms with van der Waals surface area (Å²) < 4.78 is 27.8. The molecule has 1 fully saturated rings. The summed E-state index contributed by atoms with van der Waals surface area (Å²) in [5.74, 6) is -2.32. The van der Waals surface area contributed by atoms with Crippen LogP contribution in [0.5, 0.6) is 0 Å². The first-order valence-corrected chi connectivity index (χ1v) is 10.8. The summed E-state index contributed by atoms with van der Waals surface area (Å²) >= 11 is 6.09. The molecule has 4 rings (SSSR count). The highest BCUT2D eigenvalue weighted by Crippen LogP contribution is 2.38. The lowest BCUT2D eigenvalue weighted by Crippen LogP contribution is -2.48. The van der Waals surface area contributed by atoms with E-state index in [-0.39, 0.29) is 37.1 Å². The molecule has 2 heterocycles. The van der Waals surface area contributed by atoms with Crippen LogP contribution in [0.3, 0.4) is 0 Å². The largest absolute Gasteiger partial charge is 0.351 e. The molecule has 11 heteroatoms. The first kappa shape index (κ1) is 23.1. The van der Waals surface area contributed by atoms with Crippen molar-refractivity contribution in [3.63, 3.8) is 0 Å². The SMILES string of the molecule is Cc1cnc(NC2CC(F)(F)C2)nc1-n1cnc(C(=O)NC(C)(CN)c2cccc(Cl)c2)c1. The third kappa shape index (κ3) is 4.96. The number of hydrogen-bond donors (Lipinski definition) is 3. The highest BCUT2D eigenvalue weighted by molar-refractivity contribution is 6.30. The van der Waals surface area contributed by atoms with Gasteiger partial charge in [-0.3, -0.25) is 9.36 Å². The second-order valence-electron chi connectivity index (χ2n) is 8.47. The summed E-state index contributed by atoms with van der Waals surface area (Å²) in [5.41, 5.74) is 6.79. The van der Waals surface area contributed by atoms with Gasteiger partial charge in [0.05, 0.1) is 5.54 Å². The van der Waals surface area contributed by atoms with E-state index in [2.05, 4.69) is 25.6 Å². The predicted octanol–water partition coefficient (Wildman–Crippen LogP) is 3.44. The van der Waals surface area contributed by atoms with E-state index in [0.717, 1.165) is 11.1 Å². The average Bonchev–Trinajstić information content (AvgIpc) is 3.24. The Balaban J connectivity index is 1.51. The van der Waals surface area contributed by atoms with Crippen LogP contribution in [0.4, 0.5) is 14.7 Å². The quantitative estimate of drug-likeness (QED) is 0.483. The van der Waals surface area contributed by atoms with Gasteiger partial charge in [0.1, 0.15) is 17.8 Å². The minimum absolute atomic E-state index is 0.153. The molecule has 1 atom stereocenters. The van der Waals surface area contributed by atoms with Gasteiger partial charge in [-0.25, -0.2) is 18.7 Å². The number of nitrogens with two attached hydrogens (primary N) is 1. The Morgan fingerprint density at radius 3 is 2.79 bits per heavy atom. The third-order valence-electron chi connectivity index (χ3n) is 5.69. The maximum atomic E-state index is 13.1. The molecule has 2 aromatic heterocycles. The number of nitrogens with zero attached hydrogens (tertiary/aromatic N) is 4. The first-order valence-electron chi connectivity index (χ1n) is 10.4. The molecule has 33 heavy (non-hydrogen) atoms. The van der Waals surface area contributed by atoms with Crippen LogP contribution >= 0.6 is 11.6 Å². The molecule has 1 unspecified atom stereocenters. The van der Waals surface area contributed by atoms with Crippen LogP contribution in [-0.2, 0) is 5.54 Å². The van der Waals surface area contributed by atoms with Gasteiger partial charge >= 0.3 is 0 Å². The zero-order valence-electron chi connectivity index (χ0n) is 18.1. The molecule has 0 spiro atoms. The minimum Gasteiger partial charge on any atom is -0.351 e. The number of alkyl halides is 2. The Kier molecular flexibility index (Phi) is 6.06. The standard InChI is InChI=1S/C22H24ClF2N7O/c1-13-9-27-20(29-16-7-22(24,25)8-16)30-18(13)32-10-17(28-12-32)19(33)31-21(2,11-26)14-4-3-5-15(23)6-14/h3-6,9-10,12,16H,7-8,11,26H2,1-2H3,(H,31,33)(H,27,29,30). The van der Waals surface area contributed by atoms with E-state index in [1.165, 1.54) is 6.33 Å². The zero-order chi connectivity index (χ0) is 23.8. The van der Waals surface area contributed by atoms with E-state index in [9.17, 15) is 13.6 Å². The lowest BCUT2D eigenvalue weighted by atomic mass is 9.88. The maximum absolute atomic E-state index is 13.1. The van der Waals surface area contributed by atoms with Crippen LogP contribution in [0.25, 0.3) is 5.82 Å². The summed E-state index contributed by atoms with van der Waals surface area (Å²) in [5, 5.41) is 6.39. The highest BCUT2D eigenvalue weighted by Gasteiger charge is 2.45. The van der Waals surface area contributed by atoms with Crippen molar-refractivity contribution in [1.29, 1.82) is 0 Å². The monoisotopic (exact) mass is 475 g/mol. The molecule has 3 aromatic rings. The molecule has 1 aliphatic carbocycles. The van der Waals surface area contributed by atoms with Crippen molar-refractivity contribution in [2.24, 2.45) is 5.73 Å². The second-order valence-corrected chi connectivity index (χ2v) is 8.91. The zero-order valence-corrected chi connectivity index (χ0v) is 18.9. The van der Waals surface area contributed by atoms with Crippen LogP contribution in [-0.4, -0.2) is 43.9 Å². The van der Waals surface area contributed by atoms with Gasteiger partial charge in [0.25, 0.3) is 11.8 Å². The summed E-state index contributed by atoms with van der Waals surface area (Å²) in [6, 6.07) is 6.76. The van der Waals surface area contributed by atoms with Gasteiger partial charge in [-0.15, -0.1) is 0 Å².